The molecule has 0 heterocycles. The van der Waals surface area contributed by atoms with Crippen LogP contribution < -0.4 is 9.46 Å². The Morgan fingerprint density at radius 1 is 1.41 bits per heavy atom. The number of ether oxygens (including phenoxy) is 1. The molecule has 96 valence electrons. The monoisotopic (exact) mass is 277 g/mol. The molecule has 1 aromatic carbocycles. The second kappa shape index (κ2) is 5.71. The van der Waals surface area contributed by atoms with Crippen molar-refractivity contribution in [3.05, 3.63) is 22.7 Å². The third kappa shape index (κ3) is 3.34. The van der Waals surface area contributed by atoms with Gasteiger partial charge < -0.3 is 4.74 Å². The number of sulfonamides is 1. The average Bonchev–Trinajstić information content (AvgIpc) is 2.25. The van der Waals surface area contributed by atoms with Gasteiger partial charge in [0.05, 0.1) is 7.11 Å². The van der Waals surface area contributed by atoms with Gasteiger partial charge in [-0.1, -0.05) is 18.5 Å². The average molecular weight is 278 g/mol. The van der Waals surface area contributed by atoms with Crippen molar-refractivity contribution in [2.45, 2.75) is 25.2 Å². The van der Waals surface area contributed by atoms with Crippen LogP contribution in [0.4, 0.5) is 0 Å². The molecular weight excluding hydrogens is 262 g/mol. The van der Waals surface area contributed by atoms with E-state index < -0.39 is 10.0 Å². The maximum atomic E-state index is 12.0. The van der Waals surface area contributed by atoms with Gasteiger partial charge in [-0.25, -0.2) is 13.1 Å². The Balaban J connectivity index is 3.29. The summed E-state index contributed by atoms with van der Waals surface area (Å²) < 4.78 is 31.7. The molecule has 1 rings (SSSR count). The summed E-state index contributed by atoms with van der Waals surface area (Å²) in [5, 5.41) is 0.375. The number of hydrogen-bond donors (Lipinski definition) is 1. The Hall–Kier alpha value is -0.780. The van der Waals surface area contributed by atoms with Gasteiger partial charge in [-0.3, -0.25) is 0 Å². The lowest BCUT2D eigenvalue weighted by atomic mass is 10.2. The minimum atomic E-state index is -3.57. The second-order valence-corrected chi connectivity index (χ2v) is 5.82. The highest BCUT2D eigenvalue weighted by molar-refractivity contribution is 7.89. The van der Waals surface area contributed by atoms with Gasteiger partial charge in [-0.15, -0.1) is 0 Å². The predicted octanol–water partition coefficient (Wildman–Crippen LogP) is 2.35. The Bertz CT molecular complexity index is 500. The highest BCUT2D eigenvalue weighted by atomic mass is 35.5. The lowest BCUT2D eigenvalue weighted by Gasteiger charge is -2.13. The van der Waals surface area contributed by atoms with E-state index in [2.05, 4.69) is 4.72 Å². The summed E-state index contributed by atoms with van der Waals surface area (Å²) in [4.78, 5) is 0.0819. The minimum absolute atomic E-state index is 0.0819. The highest BCUT2D eigenvalue weighted by Crippen LogP contribution is 2.30. The fourth-order valence-corrected chi connectivity index (χ4v) is 3.21. The first-order valence-electron chi connectivity index (χ1n) is 5.26. The molecule has 0 saturated heterocycles. The summed E-state index contributed by atoms with van der Waals surface area (Å²) in [6.45, 7) is 4.03. The van der Waals surface area contributed by atoms with Crippen molar-refractivity contribution in [1.82, 2.24) is 4.72 Å². The van der Waals surface area contributed by atoms with E-state index >= 15 is 0 Å². The molecule has 0 amide bonds. The van der Waals surface area contributed by atoms with E-state index in [4.69, 9.17) is 16.3 Å². The van der Waals surface area contributed by atoms with Crippen LogP contribution in [0.1, 0.15) is 18.9 Å². The van der Waals surface area contributed by atoms with Gasteiger partial charge in [0.2, 0.25) is 10.0 Å². The van der Waals surface area contributed by atoms with Crippen LogP contribution in [0.2, 0.25) is 5.02 Å². The molecule has 0 aromatic heterocycles. The highest BCUT2D eigenvalue weighted by Gasteiger charge is 2.21. The summed E-state index contributed by atoms with van der Waals surface area (Å²) in [5.74, 6) is 0.331. The van der Waals surface area contributed by atoms with Crippen LogP contribution in [0.3, 0.4) is 0 Å². The summed E-state index contributed by atoms with van der Waals surface area (Å²) in [7, 11) is -2.13. The van der Waals surface area contributed by atoms with Crippen LogP contribution in [-0.2, 0) is 10.0 Å². The third-order valence-electron chi connectivity index (χ3n) is 2.24. The smallest absolute Gasteiger partial charge is 0.244 e. The van der Waals surface area contributed by atoms with Crippen molar-refractivity contribution < 1.29 is 13.2 Å². The topological polar surface area (TPSA) is 55.4 Å². The molecule has 1 N–H and O–H groups in total. The summed E-state index contributed by atoms with van der Waals surface area (Å²) in [5.41, 5.74) is 0.692. The van der Waals surface area contributed by atoms with Gasteiger partial charge in [-0.05, 0) is 31.0 Å². The molecule has 4 nitrogen and oxygen atoms in total. The fraction of sp³-hybridized carbons (Fsp3) is 0.455. The van der Waals surface area contributed by atoms with E-state index in [-0.39, 0.29) is 4.90 Å². The van der Waals surface area contributed by atoms with Crippen LogP contribution in [-0.4, -0.2) is 22.1 Å². The van der Waals surface area contributed by atoms with Crippen LogP contribution >= 0.6 is 11.6 Å². The lowest BCUT2D eigenvalue weighted by Crippen LogP contribution is -2.25. The van der Waals surface area contributed by atoms with Crippen molar-refractivity contribution in [2.24, 2.45) is 0 Å². The van der Waals surface area contributed by atoms with Crippen molar-refractivity contribution in [3.63, 3.8) is 0 Å². The van der Waals surface area contributed by atoms with E-state index in [1.54, 1.807) is 13.0 Å². The maximum Gasteiger partial charge on any atom is 0.244 e. The zero-order valence-corrected chi connectivity index (χ0v) is 11.7. The molecule has 0 bridgehead atoms. The number of nitrogens with one attached hydrogen (secondary N) is 1. The summed E-state index contributed by atoms with van der Waals surface area (Å²) >= 11 is 5.87. The zero-order valence-electron chi connectivity index (χ0n) is 10.1. The Morgan fingerprint density at radius 3 is 2.59 bits per heavy atom. The van der Waals surface area contributed by atoms with Gasteiger partial charge in [-0.2, -0.15) is 0 Å². The third-order valence-corrected chi connectivity index (χ3v) is 3.93. The number of benzene rings is 1. The molecule has 0 aliphatic rings. The van der Waals surface area contributed by atoms with Crippen LogP contribution in [0, 0.1) is 6.92 Å². The van der Waals surface area contributed by atoms with Gasteiger partial charge in [0.1, 0.15) is 10.6 Å². The minimum Gasteiger partial charge on any atom is -0.495 e. The van der Waals surface area contributed by atoms with Crippen molar-refractivity contribution in [3.8, 4) is 5.75 Å². The molecule has 0 atom stereocenters. The SMILES string of the molecule is CCCNS(=O)(=O)c1cc(Cl)cc(C)c1OC. The first kappa shape index (κ1) is 14.3. The van der Waals surface area contributed by atoms with Gasteiger partial charge in [0.15, 0.2) is 0 Å². The number of hydrogen-bond acceptors (Lipinski definition) is 3. The molecule has 0 aliphatic carbocycles. The molecule has 0 saturated carbocycles. The molecule has 6 heteroatoms. The Morgan fingerprint density at radius 2 is 2.06 bits per heavy atom. The van der Waals surface area contributed by atoms with Crippen LogP contribution in [0.5, 0.6) is 5.75 Å². The molecule has 0 aliphatic heterocycles. The summed E-state index contributed by atoms with van der Waals surface area (Å²) in [6, 6.07) is 3.06. The van der Waals surface area contributed by atoms with E-state index in [1.807, 2.05) is 6.92 Å². The first-order valence-corrected chi connectivity index (χ1v) is 7.12. The number of halogens is 1. The molecule has 0 unspecified atom stereocenters. The zero-order chi connectivity index (χ0) is 13.1. The van der Waals surface area contributed by atoms with Crippen molar-refractivity contribution in [2.75, 3.05) is 13.7 Å². The van der Waals surface area contributed by atoms with E-state index in [0.29, 0.717) is 22.9 Å². The van der Waals surface area contributed by atoms with E-state index in [0.717, 1.165) is 6.42 Å². The van der Waals surface area contributed by atoms with E-state index in [9.17, 15) is 8.42 Å². The molecule has 1 aromatic rings. The first-order chi connectivity index (χ1) is 7.92. The van der Waals surface area contributed by atoms with Crippen LogP contribution in [0.15, 0.2) is 17.0 Å². The van der Waals surface area contributed by atoms with Crippen molar-refractivity contribution >= 4 is 21.6 Å². The molecule has 17 heavy (non-hydrogen) atoms. The second-order valence-electron chi connectivity index (χ2n) is 3.65. The molecule has 0 spiro atoms. The summed E-state index contributed by atoms with van der Waals surface area (Å²) in [6.07, 6.45) is 0.723. The number of aryl methyl sites for hydroxylation is 1. The molecular formula is C11H16ClNO3S. The maximum absolute atomic E-state index is 12.0. The van der Waals surface area contributed by atoms with Gasteiger partial charge >= 0.3 is 0 Å². The normalized spacial score (nSPS) is 11.5. The van der Waals surface area contributed by atoms with Crippen LogP contribution in [0.25, 0.3) is 0 Å². The quantitative estimate of drug-likeness (QED) is 0.899. The van der Waals surface area contributed by atoms with E-state index in [1.165, 1.54) is 13.2 Å². The largest absolute Gasteiger partial charge is 0.495 e. The molecule has 0 radical (unpaired) electrons. The predicted molar refractivity (Wildman–Crippen MR) is 68.2 cm³/mol. The van der Waals surface area contributed by atoms with Crippen molar-refractivity contribution in [1.29, 1.82) is 0 Å². The lowest BCUT2D eigenvalue weighted by molar-refractivity contribution is 0.399. The Labute approximate surface area is 107 Å². The standard InChI is InChI=1S/C11H16ClNO3S/c1-4-5-13-17(14,15)10-7-9(12)6-8(2)11(10)16-3/h6-7,13H,4-5H2,1-3H3. The fourth-order valence-electron chi connectivity index (χ4n) is 1.47. The van der Waals surface area contributed by atoms with Gasteiger partial charge in [0.25, 0.3) is 0 Å². The number of methoxy groups -OCH3 is 1. The van der Waals surface area contributed by atoms with Gasteiger partial charge in [0, 0.05) is 11.6 Å². The number of rotatable bonds is 5. The Kier molecular flexibility index (Phi) is 4.80. The molecule has 0 fully saturated rings.